The Morgan fingerprint density at radius 1 is 0.478 bits per heavy atom. The number of hydrogen-bond acceptors (Lipinski definition) is 7. The summed E-state index contributed by atoms with van der Waals surface area (Å²) in [5.74, 6) is 2.36. The third kappa shape index (κ3) is 7.99. The number of pyridine rings is 2. The summed E-state index contributed by atoms with van der Waals surface area (Å²) in [7, 11) is 0. The van der Waals surface area contributed by atoms with E-state index in [-0.39, 0.29) is 6.04 Å². The van der Waals surface area contributed by atoms with Crippen LogP contribution in [0, 0.1) is 0 Å². The van der Waals surface area contributed by atoms with E-state index in [4.69, 9.17) is 15.0 Å². The van der Waals surface area contributed by atoms with E-state index in [1.807, 2.05) is 85.2 Å². The minimum Gasteiger partial charge on any atom is -0.338 e. The van der Waals surface area contributed by atoms with Gasteiger partial charge in [-0.15, -0.1) is 0 Å². The highest BCUT2D eigenvalue weighted by atomic mass is 15.2. The van der Waals surface area contributed by atoms with Gasteiger partial charge in [0.25, 0.3) is 0 Å². The van der Waals surface area contributed by atoms with E-state index in [1.54, 1.807) is 0 Å². The zero-order valence-electron chi connectivity index (χ0n) is 36.9. The van der Waals surface area contributed by atoms with E-state index in [2.05, 4.69) is 154 Å². The van der Waals surface area contributed by atoms with Gasteiger partial charge >= 0.3 is 0 Å². The third-order valence-electron chi connectivity index (χ3n) is 13.6. The molecule has 1 N–H and O–H groups in total. The predicted molar refractivity (Wildman–Crippen MR) is 271 cm³/mol. The second-order valence-electron chi connectivity index (χ2n) is 17.7. The number of amidine groups is 1. The molecular formula is C60H47N7. The first-order valence-electron chi connectivity index (χ1n) is 23.3. The summed E-state index contributed by atoms with van der Waals surface area (Å²) >= 11 is 0. The van der Waals surface area contributed by atoms with Crippen LogP contribution in [0.15, 0.2) is 224 Å². The Morgan fingerprint density at radius 3 is 1.82 bits per heavy atom. The highest BCUT2D eigenvalue weighted by molar-refractivity contribution is 6.04. The lowest BCUT2D eigenvalue weighted by Gasteiger charge is -2.37. The Kier molecular flexibility index (Phi) is 10.6. The third-order valence-corrected chi connectivity index (χ3v) is 13.6. The molecule has 0 radical (unpaired) electrons. The molecule has 3 unspecified atom stereocenters. The molecule has 322 valence electrons. The molecule has 2 aliphatic heterocycles. The van der Waals surface area contributed by atoms with Crippen LogP contribution >= 0.6 is 0 Å². The van der Waals surface area contributed by atoms with Crippen molar-refractivity contribution in [2.45, 2.75) is 43.2 Å². The first-order chi connectivity index (χ1) is 33.2. The lowest BCUT2D eigenvalue weighted by atomic mass is 9.73. The predicted octanol–water partition coefficient (Wildman–Crippen LogP) is 13.6. The molecule has 5 heterocycles. The van der Waals surface area contributed by atoms with E-state index in [0.29, 0.717) is 23.7 Å². The molecule has 4 atom stereocenters. The van der Waals surface area contributed by atoms with Crippen molar-refractivity contribution in [2.24, 2.45) is 4.99 Å². The molecule has 0 saturated heterocycles. The van der Waals surface area contributed by atoms with Gasteiger partial charge in [0.1, 0.15) is 5.84 Å². The SMILES string of the molecule is C1=C(c2ccccn2)NC(c2ccccc2)=NC1c1ccc(-c2ccc3c(c2)[C@H]2CC(c4ccc(-c5cc(-c6ccccn6)nc(-c6ccccc6)n5)cc4)CCC2N3c2ccccc2)cc1. The van der Waals surface area contributed by atoms with E-state index in [1.165, 1.54) is 33.6 Å². The maximum absolute atomic E-state index is 5.20. The van der Waals surface area contributed by atoms with Crippen LogP contribution in [0.25, 0.3) is 50.9 Å². The number of anilines is 2. The number of aliphatic imine (C=N–C) groups is 1. The van der Waals surface area contributed by atoms with Crippen molar-refractivity contribution in [1.29, 1.82) is 0 Å². The number of nitrogens with one attached hydrogen (secondary N) is 1. The summed E-state index contributed by atoms with van der Waals surface area (Å²) in [6.07, 6.45) is 9.15. The van der Waals surface area contributed by atoms with Gasteiger partial charge in [-0.1, -0.05) is 146 Å². The van der Waals surface area contributed by atoms with Gasteiger partial charge in [0.15, 0.2) is 5.82 Å². The number of hydrogen-bond donors (Lipinski definition) is 1. The quantitative estimate of drug-likeness (QED) is 0.156. The number of rotatable bonds is 9. The molecule has 67 heavy (non-hydrogen) atoms. The number of para-hydroxylation sites is 1. The Bertz CT molecular complexity index is 3120. The van der Waals surface area contributed by atoms with Gasteiger partial charge in [0.2, 0.25) is 0 Å². The molecule has 7 nitrogen and oxygen atoms in total. The Labute approximate surface area is 391 Å². The van der Waals surface area contributed by atoms with E-state index in [9.17, 15) is 0 Å². The smallest absolute Gasteiger partial charge is 0.160 e. The van der Waals surface area contributed by atoms with Crippen molar-refractivity contribution >= 4 is 22.9 Å². The molecule has 6 aromatic carbocycles. The molecule has 1 saturated carbocycles. The standard InChI is InChI=1S/C60H47N7/c1-4-14-44(15-5-1)59-63-53(38-55(65-59)51-20-10-12-34-61-51)42-26-22-40(23-27-42)46-30-32-57-49(36-46)50-37-47(31-33-58(50)67(57)48-18-8-3-9-19-48)41-24-28-43(29-25-41)54-39-56(52-21-11-13-35-62-52)66-60(64-54)45-16-6-2-7-17-45/h1-30,32,34-36,38-39,47,50,53,58H,31,33,37H2,(H,63,65)/t47?,50-,53?,58?/m1/s1. The number of aromatic nitrogens is 4. The summed E-state index contributed by atoms with van der Waals surface area (Å²) in [5, 5.41) is 3.56. The van der Waals surface area contributed by atoms with Gasteiger partial charge in [-0.25, -0.2) is 9.97 Å². The van der Waals surface area contributed by atoms with Crippen molar-refractivity contribution in [2.75, 3.05) is 4.90 Å². The Morgan fingerprint density at radius 2 is 1.10 bits per heavy atom. The summed E-state index contributed by atoms with van der Waals surface area (Å²) in [6, 6.07) is 71.0. The minimum atomic E-state index is -0.159. The average Bonchev–Trinajstić information content (AvgIpc) is 3.75. The van der Waals surface area contributed by atoms with E-state index < -0.39 is 0 Å². The van der Waals surface area contributed by atoms with Gasteiger partial charge in [-0.2, -0.15) is 0 Å². The van der Waals surface area contributed by atoms with Gasteiger partial charge in [-0.3, -0.25) is 15.0 Å². The van der Waals surface area contributed by atoms with Gasteiger partial charge < -0.3 is 10.2 Å². The molecule has 7 heteroatoms. The summed E-state index contributed by atoms with van der Waals surface area (Å²) in [6.45, 7) is 0. The number of fused-ring (bicyclic) bond motifs is 3. The fraction of sp³-hybridized carbons (Fsp3) is 0.117. The van der Waals surface area contributed by atoms with Crippen LogP contribution in [-0.4, -0.2) is 31.8 Å². The van der Waals surface area contributed by atoms with Crippen molar-refractivity contribution in [3.8, 4) is 45.2 Å². The van der Waals surface area contributed by atoms with Crippen molar-refractivity contribution in [1.82, 2.24) is 25.3 Å². The van der Waals surface area contributed by atoms with E-state index in [0.717, 1.165) is 75.8 Å². The molecule has 3 aromatic heterocycles. The molecule has 9 aromatic rings. The normalized spacial score (nSPS) is 18.5. The highest BCUT2D eigenvalue weighted by Gasteiger charge is 2.43. The minimum absolute atomic E-state index is 0.159. The topological polar surface area (TPSA) is 79.2 Å². The van der Waals surface area contributed by atoms with Crippen molar-refractivity contribution < 1.29 is 0 Å². The lowest BCUT2D eigenvalue weighted by molar-refractivity contribution is 0.361. The second-order valence-corrected chi connectivity index (χ2v) is 17.7. The van der Waals surface area contributed by atoms with Crippen molar-refractivity contribution in [3.63, 3.8) is 0 Å². The lowest BCUT2D eigenvalue weighted by Crippen LogP contribution is -2.34. The molecule has 1 fully saturated rings. The maximum atomic E-state index is 5.20. The zero-order chi connectivity index (χ0) is 44.5. The fourth-order valence-corrected chi connectivity index (χ4v) is 10.3. The molecule has 0 spiro atoms. The first kappa shape index (κ1) is 40.2. The van der Waals surface area contributed by atoms with Gasteiger partial charge in [-0.05, 0) is 114 Å². The highest BCUT2D eigenvalue weighted by Crippen LogP contribution is 2.54. The summed E-state index contributed by atoms with van der Waals surface area (Å²) < 4.78 is 0. The van der Waals surface area contributed by atoms with Crippen LogP contribution in [0.2, 0.25) is 0 Å². The molecule has 0 bridgehead atoms. The number of benzene rings is 6. The monoisotopic (exact) mass is 865 g/mol. The zero-order valence-corrected chi connectivity index (χ0v) is 36.9. The maximum Gasteiger partial charge on any atom is 0.160 e. The van der Waals surface area contributed by atoms with Gasteiger partial charge in [0.05, 0.1) is 34.5 Å². The van der Waals surface area contributed by atoms with Crippen LogP contribution in [0.3, 0.4) is 0 Å². The van der Waals surface area contributed by atoms with Crippen LogP contribution < -0.4 is 10.2 Å². The van der Waals surface area contributed by atoms with Gasteiger partial charge in [0, 0.05) is 52.4 Å². The summed E-state index contributed by atoms with van der Waals surface area (Å²) in [4.78, 5) is 27.1. The molecular weight excluding hydrogens is 819 g/mol. The molecule has 12 rings (SSSR count). The van der Waals surface area contributed by atoms with Crippen LogP contribution in [0.1, 0.15) is 65.1 Å². The molecule has 3 aliphatic rings. The van der Waals surface area contributed by atoms with E-state index >= 15 is 0 Å². The number of nitrogens with zero attached hydrogens (tertiary/aromatic N) is 6. The van der Waals surface area contributed by atoms with Crippen molar-refractivity contribution in [3.05, 3.63) is 247 Å². The Hall–Kier alpha value is -8.29. The Balaban J connectivity index is 0.842. The van der Waals surface area contributed by atoms with Crippen LogP contribution in [0.5, 0.6) is 0 Å². The molecule has 1 aliphatic carbocycles. The largest absolute Gasteiger partial charge is 0.338 e. The first-order valence-corrected chi connectivity index (χ1v) is 23.3. The average molecular weight is 866 g/mol. The summed E-state index contributed by atoms with van der Waals surface area (Å²) in [5.41, 5.74) is 16.4. The second kappa shape index (κ2) is 17.6. The van der Waals surface area contributed by atoms with Crippen LogP contribution in [0.4, 0.5) is 11.4 Å². The molecule has 0 amide bonds. The van der Waals surface area contributed by atoms with Crippen LogP contribution in [-0.2, 0) is 0 Å². The fourth-order valence-electron chi connectivity index (χ4n) is 10.3.